The number of carbonyl (C=O) groups excluding carboxylic acids is 1. The number of amides is 1. The van der Waals surface area contributed by atoms with Crippen LogP contribution in [0.2, 0.25) is 0 Å². The van der Waals surface area contributed by atoms with Crippen LogP contribution in [-0.4, -0.2) is 30.6 Å². The van der Waals surface area contributed by atoms with Crippen LogP contribution < -0.4 is 19.1 Å². The molecule has 174 valence electrons. The largest absolute Gasteiger partial charge is 0.493 e. The highest BCUT2D eigenvalue weighted by Crippen LogP contribution is 2.37. The van der Waals surface area contributed by atoms with Crippen LogP contribution in [0.25, 0.3) is 6.08 Å². The van der Waals surface area contributed by atoms with Crippen LogP contribution in [0.4, 0.5) is 5.69 Å². The van der Waals surface area contributed by atoms with Gasteiger partial charge in [0.15, 0.2) is 15.8 Å². The van der Waals surface area contributed by atoms with Crippen molar-refractivity contribution >= 4 is 46.0 Å². The molecule has 1 saturated heterocycles. The lowest BCUT2D eigenvalue weighted by Gasteiger charge is -2.14. The monoisotopic (exact) mass is 491 g/mol. The van der Waals surface area contributed by atoms with Crippen LogP contribution in [0.5, 0.6) is 17.2 Å². The molecule has 1 aliphatic heterocycles. The lowest BCUT2D eigenvalue weighted by Crippen LogP contribution is -2.27. The van der Waals surface area contributed by atoms with Gasteiger partial charge >= 0.3 is 0 Å². The van der Waals surface area contributed by atoms with Gasteiger partial charge in [0.25, 0.3) is 5.91 Å². The molecule has 1 aliphatic rings. The number of benzene rings is 3. The third-order valence-corrected chi connectivity index (χ3v) is 6.43. The number of hydrogen-bond donors (Lipinski definition) is 0. The Kier molecular flexibility index (Phi) is 7.87. The van der Waals surface area contributed by atoms with Crippen molar-refractivity contribution in [2.24, 2.45) is 0 Å². The highest BCUT2D eigenvalue weighted by atomic mass is 32.2. The summed E-state index contributed by atoms with van der Waals surface area (Å²) >= 11 is 6.76. The maximum Gasteiger partial charge on any atom is 0.270 e. The minimum Gasteiger partial charge on any atom is -0.493 e. The molecule has 0 radical (unpaired) electrons. The van der Waals surface area contributed by atoms with E-state index < -0.39 is 0 Å². The zero-order valence-corrected chi connectivity index (χ0v) is 20.7. The van der Waals surface area contributed by atoms with Crippen molar-refractivity contribution in [3.8, 4) is 17.2 Å². The van der Waals surface area contributed by atoms with Gasteiger partial charge in [0.2, 0.25) is 0 Å². The lowest BCUT2D eigenvalue weighted by atomic mass is 10.1. The number of anilines is 1. The number of ether oxygens (including phenoxy) is 3. The van der Waals surface area contributed by atoms with Crippen molar-refractivity contribution in [2.75, 3.05) is 25.2 Å². The molecule has 0 unspecified atom stereocenters. The Morgan fingerprint density at radius 3 is 2.41 bits per heavy atom. The topological polar surface area (TPSA) is 48.0 Å². The lowest BCUT2D eigenvalue weighted by molar-refractivity contribution is -0.113. The second-order valence-corrected chi connectivity index (χ2v) is 9.30. The van der Waals surface area contributed by atoms with Crippen molar-refractivity contribution in [2.45, 2.75) is 13.3 Å². The molecular weight excluding hydrogens is 466 g/mol. The van der Waals surface area contributed by atoms with E-state index in [1.54, 1.807) is 12.0 Å². The first-order valence-corrected chi connectivity index (χ1v) is 12.1. The Morgan fingerprint density at radius 1 is 0.941 bits per heavy atom. The van der Waals surface area contributed by atoms with E-state index in [9.17, 15) is 4.79 Å². The second kappa shape index (κ2) is 11.2. The maximum absolute atomic E-state index is 13.0. The summed E-state index contributed by atoms with van der Waals surface area (Å²) in [5.41, 5.74) is 2.73. The molecule has 0 spiro atoms. The fourth-order valence-corrected chi connectivity index (χ4v) is 4.68. The highest BCUT2D eigenvalue weighted by Gasteiger charge is 2.33. The first kappa shape index (κ1) is 23.9. The summed E-state index contributed by atoms with van der Waals surface area (Å²) in [6, 6.07) is 23.0. The van der Waals surface area contributed by atoms with Crippen LogP contribution in [0.15, 0.2) is 77.7 Å². The van der Waals surface area contributed by atoms with E-state index >= 15 is 0 Å². The Hall–Kier alpha value is -3.29. The number of thiocarbonyl (C=S) groups is 1. The summed E-state index contributed by atoms with van der Waals surface area (Å²) < 4.78 is 17.6. The number of rotatable bonds is 9. The van der Waals surface area contributed by atoms with Gasteiger partial charge in [0.1, 0.15) is 5.75 Å². The molecule has 3 aromatic rings. The molecule has 1 heterocycles. The van der Waals surface area contributed by atoms with Crippen molar-refractivity contribution in [3.63, 3.8) is 0 Å². The van der Waals surface area contributed by atoms with Crippen molar-refractivity contribution in [1.82, 2.24) is 0 Å². The van der Waals surface area contributed by atoms with E-state index in [-0.39, 0.29) is 5.91 Å². The number of para-hydroxylation sites is 1. The molecule has 1 fully saturated rings. The smallest absolute Gasteiger partial charge is 0.270 e. The normalized spacial score (nSPS) is 14.5. The van der Waals surface area contributed by atoms with Gasteiger partial charge in [-0.1, -0.05) is 65.9 Å². The molecule has 0 bridgehead atoms. The number of nitrogens with zero attached hydrogens (tertiary/aromatic N) is 1. The van der Waals surface area contributed by atoms with Gasteiger partial charge in [0, 0.05) is 6.42 Å². The predicted octanol–water partition coefficient (Wildman–Crippen LogP) is 6.26. The zero-order chi connectivity index (χ0) is 23.9. The zero-order valence-electron chi connectivity index (χ0n) is 19.0. The fraction of sp³-hybridized carbons (Fsp3) is 0.185. The molecule has 34 heavy (non-hydrogen) atoms. The summed E-state index contributed by atoms with van der Waals surface area (Å²) in [4.78, 5) is 15.1. The number of aryl methyl sites for hydroxylation is 1. The molecule has 1 amide bonds. The molecule has 0 atom stereocenters. The SMILES string of the molecule is COc1cc(C=C2SC(=S)N(c3ccc(C)cc3)C2=O)ccc1OCCCOc1ccccc1. The molecule has 0 aliphatic carbocycles. The predicted molar refractivity (Wildman–Crippen MR) is 142 cm³/mol. The van der Waals surface area contributed by atoms with Crippen molar-refractivity contribution in [3.05, 3.63) is 88.8 Å². The van der Waals surface area contributed by atoms with Crippen LogP contribution >= 0.6 is 24.0 Å². The summed E-state index contributed by atoms with van der Waals surface area (Å²) in [6.07, 6.45) is 2.56. The van der Waals surface area contributed by atoms with E-state index in [0.717, 1.165) is 29.0 Å². The summed E-state index contributed by atoms with van der Waals surface area (Å²) in [5.74, 6) is 1.96. The van der Waals surface area contributed by atoms with Gasteiger partial charge in [-0.2, -0.15) is 0 Å². The van der Waals surface area contributed by atoms with E-state index in [0.29, 0.717) is 33.9 Å². The third-order valence-electron chi connectivity index (χ3n) is 5.13. The molecule has 0 N–H and O–H groups in total. The third kappa shape index (κ3) is 5.79. The Labute approximate surface area is 209 Å². The maximum atomic E-state index is 13.0. The Morgan fingerprint density at radius 2 is 1.68 bits per heavy atom. The number of carbonyl (C=O) groups is 1. The van der Waals surface area contributed by atoms with Gasteiger partial charge < -0.3 is 14.2 Å². The van der Waals surface area contributed by atoms with Gasteiger partial charge in [-0.15, -0.1) is 0 Å². The second-order valence-electron chi connectivity index (χ2n) is 7.63. The number of hydrogen-bond acceptors (Lipinski definition) is 6. The van der Waals surface area contributed by atoms with Crippen LogP contribution in [0.3, 0.4) is 0 Å². The number of thioether (sulfide) groups is 1. The van der Waals surface area contributed by atoms with Crippen molar-refractivity contribution in [1.29, 1.82) is 0 Å². The molecular formula is C27H25NO4S2. The van der Waals surface area contributed by atoms with E-state index in [4.69, 9.17) is 26.4 Å². The van der Waals surface area contributed by atoms with Crippen molar-refractivity contribution < 1.29 is 19.0 Å². The first-order chi connectivity index (χ1) is 16.5. The van der Waals surface area contributed by atoms with Gasteiger partial charge in [-0.05, 0) is 55.0 Å². The minimum absolute atomic E-state index is 0.128. The quantitative estimate of drug-likeness (QED) is 0.200. The summed E-state index contributed by atoms with van der Waals surface area (Å²) in [6.45, 7) is 3.07. The standard InChI is InChI=1S/C27H25NO4S2/c1-19-9-12-21(13-10-19)28-26(29)25(34-27(28)33)18-20-11-14-23(24(17-20)30-2)32-16-6-15-31-22-7-4-3-5-8-22/h3-5,7-14,17-18H,6,15-16H2,1-2H3. The average Bonchev–Trinajstić information content (AvgIpc) is 3.13. The van der Waals surface area contributed by atoms with E-state index in [1.807, 2.05) is 85.8 Å². The van der Waals surface area contributed by atoms with Gasteiger partial charge in [-0.25, -0.2) is 0 Å². The highest BCUT2D eigenvalue weighted by molar-refractivity contribution is 8.27. The summed E-state index contributed by atoms with van der Waals surface area (Å²) in [7, 11) is 1.60. The molecule has 3 aromatic carbocycles. The fourth-order valence-electron chi connectivity index (χ4n) is 3.38. The Balaban J connectivity index is 1.38. The minimum atomic E-state index is -0.128. The summed E-state index contributed by atoms with van der Waals surface area (Å²) in [5, 5.41) is 0. The molecule has 0 saturated carbocycles. The molecule has 0 aromatic heterocycles. The molecule has 7 heteroatoms. The Bertz CT molecular complexity index is 1190. The van der Waals surface area contributed by atoms with Gasteiger partial charge in [-0.3, -0.25) is 9.69 Å². The van der Waals surface area contributed by atoms with E-state index in [1.165, 1.54) is 11.8 Å². The van der Waals surface area contributed by atoms with Crippen LogP contribution in [0.1, 0.15) is 17.5 Å². The molecule has 4 rings (SSSR count). The van der Waals surface area contributed by atoms with Crippen LogP contribution in [0, 0.1) is 6.92 Å². The van der Waals surface area contributed by atoms with Crippen LogP contribution in [-0.2, 0) is 4.79 Å². The number of methoxy groups -OCH3 is 1. The van der Waals surface area contributed by atoms with E-state index in [2.05, 4.69) is 0 Å². The van der Waals surface area contributed by atoms with Gasteiger partial charge in [0.05, 0.1) is 30.9 Å². The first-order valence-electron chi connectivity index (χ1n) is 10.9. The average molecular weight is 492 g/mol. The molecule has 5 nitrogen and oxygen atoms in total.